The number of aliphatic hydroxyl groups excluding tert-OH is 1. The first-order chi connectivity index (χ1) is 12.8. The van der Waals surface area contributed by atoms with E-state index in [2.05, 4.69) is 26.6 Å². The van der Waals surface area contributed by atoms with Gasteiger partial charge in [-0.25, -0.2) is 9.59 Å². The number of anilines is 1. The van der Waals surface area contributed by atoms with Crippen LogP contribution in [0.25, 0.3) is 11.0 Å². The van der Waals surface area contributed by atoms with E-state index in [0.717, 1.165) is 15.4 Å². The summed E-state index contributed by atoms with van der Waals surface area (Å²) in [5.41, 5.74) is 1.96. The second-order valence-corrected chi connectivity index (χ2v) is 7.26. The lowest BCUT2D eigenvalue weighted by Gasteiger charge is -2.21. The van der Waals surface area contributed by atoms with Crippen molar-refractivity contribution in [2.24, 2.45) is 0 Å². The van der Waals surface area contributed by atoms with Crippen LogP contribution in [-0.2, 0) is 0 Å². The fraction of sp³-hybridized carbons (Fsp3) is 0.200. The molecule has 1 heterocycles. The zero-order valence-electron chi connectivity index (χ0n) is 14.8. The van der Waals surface area contributed by atoms with Gasteiger partial charge in [-0.1, -0.05) is 28.1 Å². The third-order valence-corrected chi connectivity index (χ3v) is 4.78. The Morgan fingerprint density at radius 3 is 2.56 bits per heavy atom. The second-order valence-electron chi connectivity index (χ2n) is 6.34. The highest BCUT2D eigenvalue weighted by Gasteiger charge is 2.18. The van der Waals surface area contributed by atoms with Crippen LogP contribution in [0, 0.1) is 6.92 Å². The average Bonchev–Trinajstić information content (AvgIpc) is 2.61. The average molecular weight is 431 g/mol. The van der Waals surface area contributed by atoms with Gasteiger partial charge in [0.05, 0.1) is 12.1 Å². The van der Waals surface area contributed by atoms with Gasteiger partial charge in [0.15, 0.2) is 0 Å². The number of amides is 2. The topological polar surface area (TPSA) is 91.6 Å². The Bertz CT molecular complexity index is 1030. The molecule has 2 amide bonds. The quantitative estimate of drug-likeness (QED) is 0.543. The molecule has 3 N–H and O–H groups in total. The lowest BCUT2D eigenvalue weighted by atomic mass is 10.0. The Morgan fingerprint density at radius 2 is 1.85 bits per heavy atom. The van der Waals surface area contributed by atoms with Crippen LogP contribution in [0.1, 0.15) is 24.2 Å². The van der Waals surface area contributed by atoms with E-state index < -0.39 is 23.8 Å². The van der Waals surface area contributed by atoms with Crippen LogP contribution in [0.15, 0.2) is 62.2 Å². The minimum absolute atomic E-state index is 0.403. The van der Waals surface area contributed by atoms with Crippen molar-refractivity contribution in [2.45, 2.75) is 26.0 Å². The van der Waals surface area contributed by atoms with E-state index in [-0.39, 0.29) is 0 Å². The largest absolute Gasteiger partial charge is 0.423 e. The van der Waals surface area contributed by atoms with Crippen molar-refractivity contribution in [1.29, 1.82) is 0 Å². The van der Waals surface area contributed by atoms with Gasteiger partial charge in [-0.05, 0) is 49.2 Å². The molecule has 3 aromatic rings. The zero-order chi connectivity index (χ0) is 19.6. The van der Waals surface area contributed by atoms with Crippen molar-refractivity contribution < 1.29 is 14.3 Å². The molecule has 0 radical (unpaired) electrons. The maximum atomic E-state index is 12.2. The fourth-order valence-corrected chi connectivity index (χ4v) is 3.07. The standard InChI is InChI=1S/C20H19BrN2O4/c1-11-9-18(24)27-17-10-15(7-8-16(11)17)23-20(26)22-12(2)19(25)13-3-5-14(21)6-4-13/h3-10,12,19,25H,1-2H3,(H2,22,23,26)/t12-,19+/m1/s1. The normalized spacial score (nSPS) is 13.2. The highest BCUT2D eigenvalue weighted by Crippen LogP contribution is 2.22. The predicted molar refractivity (Wildman–Crippen MR) is 108 cm³/mol. The van der Waals surface area contributed by atoms with Gasteiger partial charge in [-0.3, -0.25) is 0 Å². The van der Waals surface area contributed by atoms with Gasteiger partial charge >= 0.3 is 11.7 Å². The summed E-state index contributed by atoms with van der Waals surface area (Å²) in [5.74, 6) is 0. The number of nitrogens with one attached hydrogen (secondary N) is 2. The number of aliphatic hydroxyl groups is 1. The maximum absolute atomic E-state index is 12.2. The van der Waals surface area contributed by atoms with Crippen molar-refractivity contribution in [1.82, 2.24) is 5.32 Å². The molecule has 0 spiro atoms. The molecule has 6 nitrogen and oxygen atoms in total. The lowest BCUT2D eigenvalue weighted by Crippen LogP contribution is -2.39. The number of aryl methyl sites for hydroxylation is 1. The first kappa shape index (κ1) is 19.1. The van der Waals surface area contributed by atoms with Gasteiger partial charge in [-0.2, -0.15) is 0 Å². The van der Waals surface area contributed by atoms with Crippen molar-refractivity contribution in [3.63, 3.8) is 0 Å². The Kier molecular flexibility index (Phi) is 5.62. The number of urea groups is 1. The molecule has 1 aromatic heterocycles. The minimum Gasteiger partial charge on any atom is -0.423 e. The number of benzene rings is 2. The van der Waals surface area contributed by atoms with E-state index in [0.29, 0.717) is 16.8 Å². The Hall–Kier alpha value is -2.64. The Morgan fingerprint density at radius 1 is 1.15 bits per heavy atom. The molecule has 2 aromatic carbocycles. The van der Waals surface area contributed by atoms with Gasteiger partial charge in [0.2, 0.25) is 0 Å². The van der Waals surface area contributed by atoms with Gasteiger partial charge in [0.1, 0.15) is 5.58 Å². The first-order valence-corrected chi connectivity index (χ1v) is 9.18. The fourth-order valence-electron chi connectivity index (χ4n) is 2.80. The summed E-state index contributed by atoms with van der Waals surface area (Å²) >= 11 is 3.35. The van der Waals surface area contributed by atoms with E-state index in [1.165, 1.54) is 6.07 Å². The number of hydrogen-bond donors (Lipinski definition) is 3. The SMILES string of the molecule is Cc1cc(=O)oc2cc(NC(=O)N[C@H](C)[C@H](O)c3ccc(Br)cc3)ccc12. The number of fused-ring (bicyclic) bond motifs is 1. The van der Waals surface area contributed by atoms with Crippen LogP contribution in [0.5, 0.6) is 0 Å². The summed E-state index contributed by atoms with van der Waals surface area (Å²) < 4.78 is 6.09. The number of halogens is 1. The second kappa shape index (κ2) is 7.94. The van der Waals surface area contributed by atoms with Crippen molar-refractivity contribution >= 4 is 38.6 Å². The van der Waals surface area contributed by atoms with Gasteiger partial charge in [0, 0.05) is 27.7 Å². The van der Waals surface area contributed by atoms with Gasteiger partial charge in [0.25, 0.3) is 0 Å². The van der Waals surface area contributed by atoms with E-state index in [1.807, 2.05) is 19.1 Å². The third kappa shape index (κ3) is 4.56. The van der Waals surface area contributed by atoms with Crippen molar-refractivity contribution in [2.75, 3.05) is 5.32 Å². The molecule has 0 aliphatic carbocycles. The van der Waals surface area contributed by atoms with E-state index in [1.54, 1.807) is 37.3 Å². The number of hydrogen-bond acceptors (Lipinski definition) is 4. The molecule has 140 valence electrons. The van der Waals surface area contributed by atoms with E-state index >= 15 is 0 Å². The molecule has 3 rings (SSSR count). The molecule has 0 unspecified atom stereocenters. The van der Waals surface area contributed by atoms with E-state index in [4.69, 9.17) is 4.42 Å². The lowest BCUT2D eigenvalue weighted by molar-refractivity contribution is 0.139. The number of carbonyl (C=O) groups is 1. The van der Waals surface area contributed by atoms with Crippen LogP contribution < -0.4 is 16.3 Å². The molecular formula is C20H19BrN2O4. The molecule has 0 aliphatic rings. The summed E-state index contributed by atoms with van der Waals surface area (Å²) in [7, 11) is 0. The van der Waals surface area contributed by atoms with Crippen molar-refractivity contribution in [3.05, 3.63) is 74.6 Å². The highest BCUT2D eigenvalue weighted by atomic mass is 79.9. The van der Waals surface area contributed by atoms with Crippen LogP contribution in [-0.4, -0.2) is 17.2 Å². The van der Waals surface area contributed by atoms with Gasteiger partial charge in [-0.15, -0.1) is 0 Å². The molecule has 0 fully saturated rings. The third-order valence-electron chi connectivity index (χ3n) is 4.25. The molecule has 2 atom stereocenters. The van der Waals surface area contributed by atoms with Crippen LogP contribution in [0.4, 0.5) is 10.5 Å². The summed E-state index contributed by atoms with van der Waals surface area (Å²) in [4.78, 5) is 23.8. The minimum atomic E-state index is -0.846. The summed E-state index contributed by atoms with van der Waals surface area (Å²) in [5, 5.41) is 16.6. The van der Waals surface area contributed by atoms with Crippen molar-refractivity contribution in [3.8, 4) is 0 Å². The molecule has 0 saturated carbocycles. The molecule has 0 saturated heterocycles. The summed E-state index contributed by atoms with van der Waals surface area (Å²) in [6, 6.07) is 12.8. The molecule has 7 heteroatoms. The van der Waals surface area contributed by atoms with Crippen LogP contribution in [0.2, 0.25) is 0 Å². The maximum Gasteiger partial charge on any atom is 0.336 e. The molecule has 27 heavy (non-hydrogen) atoms. The summed E-state index contributed by atoms with van der Waals surface area (Å²) in [6.45, 7) is 3.54. The first-order valence-electron chi connectivity index (χ1n) is 8.39. The Labute approximate surface area is 164 Å². The van der Waals surface area contributed by atoms with Gasteiger partial charge < -0.3 is 20.2 Å². The number of rotatable bonds is 4. The monoisotopic (exact) mass is 430 g/mol. The van der Waals surface area contributed by atoms with Crippen LogP contribution in [0.3, 0.4) is 0 Å². The Balaban J connectivity index is 1.69. The van der Waals surface area contributed by atoms with Crippen LogP contribution >= 0.6 is 15.9 Å². The number of carbonyl (C=O) groups excluding carboxylic acids is 1. The predicted octanol–water partition coefficient (Wildman–Crippen LogP) is 4.11. The smallest absolute Gasteiger partial charge is 0.336 e. The summed E-state index contributed by atoms with van der Waals surface area (Å²) in [6.07, 6.45) is -0.846. The van der Waals surface area contributed by atoms with E-state index in [9.17, 15) is 14.7 Å². The molecule has 0 aliphatic heterocycles. The zero-order valence-corrected chi connectivity index (χ0v) is 16.4. The highest BCUT2D eigenvalue weighted by molar-refractivity contribution is 9.10. The molecule has 0 bridgehead atoms. The molecular weight excluding hydrogens is 412 g/mol.